The summed E-state index contributed by atoms with van der Waals surface area (Å²) in [5.74, 6) is 1.08. The molecule has 1 rings (SSSR count). The highest BCUT2D eigenvalue weighted by molar-refractivity contribution is 4.75. The molecule has 1 N–H and O–H groups in total. The number of rotatable bonds is 4. The standard InChI is InChI=1S/C14H28O2/c1-11(10-14(2,3)4)9-13(15)12-5-7-16-8-6-12/h11-13,15H,5-10H2,1-4H3. The summed E-state index contributed by atoms with van der Waals surface area (Å²) in [5, 5.41) is 10.2. The van der Waals surface area contributed by atoms with E-state index in [0.29, 0.717) is 17.3 Å². The first-order chi connectivity index (χ1) is 7.38. The van der Waals surface area contributed by atoms with Crippen LogP contribution in [0.1, 0.15) is 53.4 Å². The van der Waals surface area contributed by atoms with Gasteiger partial charge in [0.2, 0.25) is 0 Å². The molecule has 0 bridgehead atoms. The monoisotopic (exact) mass is 228 g/mol. The van der Waals surface area contributed by atoms with Crippen LogP contribution in [0.2, 0.25) is 0 Å². The predicted octanol–water partition coefficient (Wildman–Crippen LogP) is 3.24. The Morgan fingerprint density at radius 2 is 1.81 bits per heavy atom. The lowest BCUT2D eigenvalue weighted by Gasteiger charge is -2.30. The lowest BCUT2D eigenvalue weighted by molar-refractivity contribution is -0.00242. The van der Waals surface area contributed by atoms with Crippen LogP contribution < -0.4 is 0 Å². The molecule has 0 spiro atoms. The zero-order chi connectivity index (χ0) is 12.2. The summed E-state index contributed by atoms with van der Waals surface area (Å²) in [5.41, 5.74) is 0.370. The van der Waals surface area contributed by atoms with Crippen molar-refractivity contribution in [1.29, 1.82) is 0 Å². The quantitative estimate of drug-likeness (QED) is 0.800. The maximum atomic E-state index is 10.2. The van der Waals surface area contributed by atoms with Gasteiger partial charge in [0.05, 0.1) is 6.10 Å². The van der Waals surface area contributed by atoms with Crippen LogP contribution in [-0.2, 0) is 4.74 Å². The minimum absolute atomic E-state index is 0.124. The van der Waals surface area contributed by atoms with E-state index in [0.717, 1.165) is 32.5 Å². The Hall–Kier alpha value is -0.0800. The van der Waals surface area contributed by atoms with Gasteiger partial charge in [0, 0.05) is 13.2 Å². The van der Waals surface area contributed by atoms with Crippen molar-refractivity contribution in [2.75, 3.05) is 13.2 Å². The summed E-state index contributed by atoms with van der Waals surface area (Å²) < 4.78 is 5.32. The highest BCUT2D eigenvalue weighted by Gasteiger charge is 2.25. The van der Waals surface area contributed by atoms with Crippen molar-refractivity contribution < 1.29 is 9.84 Å². The number of aliphatic hydroxyl groups is 1. The summed E-state index contributed by atoms with van der Waals surface area (Å²) >= 11 is 0. The average Bonchev–Trinajstić information content (AvgIpc) is 2.16. The summed E-state index contributed by atoms with van der Waals surface area (Å²) in [6, 6.07) is 0. The molecule has 2 nitrogen and oxygen atoms in total. The van der Waals surface area contributed by atoms with Crippen LogP contribution in [0.5, 0.6) is 0 Å². The van der Waals surface area contributed by atoms with Crippen molar-refractivity contribution in [2.24, 2.45) is 17.3 Å². The maximum absolute atomic E-state index is 10.2. The molecule has 0 radical (unpaired) electrons. The SMILES string of the molecule is CC(CC(O)C1CCOCC1)CC(C)(C)C. The Balaban J connectivity index is 2.29. The normalized spacial score (nSPS) is 23.1. The molecule has 1 aliphatic rings. The third kappa shape index (κ3) is 5.31. The number of aliphatic hydroxyl groups excluding tert-OH is 1. The highest BCUT2D eigenvalue weighted by Crippen LogP contribution is 2.29. The molecular formula is C14H28O2. The van der Waals surface area contributed by atoms with E-state index in [2.05, 4.69) is 27.7 Å². The topological polar surface area (TPSA) is 29.5 Å². The molecule has 1 saturated heterocycles. The van der Waals surface area contributed by atoms with Gasteiger partial charge in [-0.15, -0.1) is 0 Å². The molecule has 0 saturated carbocycles. The average molecular weight is 228 g/mol. The number of hydrogen-bond donors (Lipinski definition) is 1. The van der Waals surface area contributed by atoms with E-state index in [1.165, 1.54) is 6.42 Å². The maximum Gasteiger partial charge on any atom is 0.0572 e. The second-order valence-corrected chi connectivity index (χ2v) is 6.62. The van der Waals surface area contributed by atoms with E-state index in [4.69, 9.17) is 4.74 Å². The van der Waals surface area contributed by atoms with Crippen molar-refractivity contribution in [3.05, 3.63) is 0 Å². The largest absolute Gasteiger partial charge is 0.393 e. The van der Waals surface area contributed by atoms with E-state index in [1.807, 2.05) is 0 Å². The number of hydrogen-bond acceptors (Lipinski definition) is 2. The Morgan fingerprint density at radius 1 is 1.25 bits per heavy atom. The van der Waals surface area contributed by atoms with Crippen LogP contribution >= 0.6 is 0 Å². The smallest absolute Gasteiger partial charge is 0.0572 e. The van der Waals surface area contributed by atoms with Crippen LogP contribution in [0.3, 0.4) is 0 Å². The Labute approximate surface area is 100 Å². The first-order valence-corrected chi connectivity index (χ1v) is 6.64. The van der Waals surface area contributed by atoms with Gasteiger partial charge in [0.15, 0.2) is 0 Å². The van der Waals surface area contributed by atoms with Crippen LogP contribution in [0.4, 0.5) is 0 Å². The van der Waals surface area contributed by atoms with E-state index >= 15 is 0 Å². The van der Waals surface area contributed by atoms with Gasteiger partial charge in [-0.3, -0.25) is 0 Å². The Kier molecular flexibility index (Phi) is 5.26. The van der Waals surface area contributed by atoms with Crippen LogP contribution in [0, 0.1) is 17.3 Å². The molecule has 0 aromatic heterocycles. The molecule has 16 heavy (non-hydrogen) atoms. The van der Waals surface area contributed by atoms with E-state index in [9.17, 15) is 5.11 Å². The molecule has 1 heterocycles. The van der Waals surface area contributed by atoms with Crippen LogP contribution in [0.15, 0.2) is 0 Å². The van der Waals surface area contributed by atoms with E-state index in [1.54, 1.807) is 0 Å². The van der Waals surface area contributed by atoms with Crippen molar-refractivity contribution in [3.8, 4) is 0 Å². The van der Waals surface area contributed by atoms with Gasteiger partial charge in [0.25, 0.3) is 0 Å². The fourth-order valence-electron chi connectivity index (χ4n) is 2.83. The highest BCUT2D eigenvalue weighted by atomic mass is 16.5. The molecule has 0 aromatic rings. The third-order valence-corrected chi connectivity index (χ3v) is 3.41. The first kappa shape index (κ1) is 14.0. The van der Waals surface area contributed by atoms with Gasteiger partial charge < -0.3 is 9.84 Å². The summed E-state index contributed by atoms with van der Waals surface area (Å²) in [7, 11) is 0. The minimum Gasteiger partial charge on any atom is -0.393 e. The zero-order valence-electron chi connectivity index (χ0n) is 11.3. The molecule has 1 fully saturated rings. The fraction of sp³-hybridized carbons (Fsp3) is 1.00. The second-order valence-electron chi connectivity index (χ2n) is 6.62. The molecule has 0 amide bonds. The molecule has 96 valence electrons. The second kappa shape index (κ2) is 6.02. The fourth-order valence-corrected chi connectivity index (χ4v) is 2.83. The Morgan fingerprint density at radius 3 is 2.31 bits per heavy atom. The molecule has 0 aliphatic carbocycles. The van der Waals surface area contributed by atoms with Crippen molar-refractivity contribution in [2.45, 2.75) is 59.5 Å². The molecule has 0 aromatic carbocycles. The van der Waals surface area contributed by atoms with Crippen molar-refractivity contribution >= 4 is 0 Å². The Bertz CT molecular complexity index is 189. The first-order valence-electron chi connectivity index (χ1n) is 6.64. The summed E-state index contributed by atoms with van der Waals surface area (Å²) in [6.45, 7) is 10.7. The van der Waals surface area contributed by atoms with Crippen molar-refractivity contribution in [1.82, 2.24) is 0 Å². The third-order valence-electron chi connectivity index (χ3n) is 3.41. The van der Waals surface area contributed by atoms with E-state index in [-0.39, 0.29) is 6.10 Å². The molecule has 1 aliphatic heterocycles. The van der Waals surface area contributed by atoms with Gasteiger partial charge in [-0.25, -0.2) is 0 Å². The van der Waals surface area contributed by atoms with Gasteiger partial charge in [-0.05, 0) is 42.9 Å². The molecular weight excluding hydrogens is 200 g/mol. The lowest BCUT2D eigenvalue weighted by atomic mass is 9.80. The van der Waals surface area contributed by atoms with Crippen LogP contribution in [0.25, 0.3) is 0 Å². The van der Waals surface area contributed by atoms with Gasteiger partial charge in [-0.1, -0.05) is 27.7 Å². The summed E-state index contributed by atoms with van der Waals surface area (Å²) in [4.78, 5) is 0. The van der Waals surface area contributed by atoms with Crippen LogP contribution in [-0.4, -0.2) is 24.4 Å². The molecule has 2 unspecified atom stereocenters. The number of ether oxygens (including phenoxy) is 1. The van der Waals surface area contributed by atoms with Crippen molar-refractivity contribution in [3.63, 3.8) is 0 Å². The van der Waals surface area contributed by atoms with Gasteiger partial charge in [-0.2, -0.15) is 0 Å². The minimum atomic E-state index is -0.124. The molecule has 2 heteroatoms. The van der Waals surface area contributed by atoms with Gasteiger partial charge in [0.1, 0.15) is 0 Å². The molecule has 2 atom stereocenters. The lowest BCUT2D eigenvalue weighted by Crippen LogP contribution is -2.29. The summed E-state index contributed by atoms with van der Waals surface area (Å²) in [6.07, 6.45) is 4.07. The zero-order valence-corrected chi connectivity index (χ0v) is 11.3. The van der Waals surface area contributed by atoms with E-state index < -0.39 is 0 Å². The van der Waals surface area contributed by atoms with Gasteiger partial charge >= 0.3 is 0 Å². The predicted molar refractivity (Wildman–Crippen MR) is 67.4 cm³/mol.